The molecule has 5 aliphatic rings. The molecule has 3 aliphatic heterocycles. The van der Waals surface area contributed by atoms with Gasteiger partial charge >= 0.3 is 0 Å². The van der Waals surface area contributed by atoms with Crippen LogP contribution in [0.3, 0.4) is 0 Å². The number of carbonyl (C=O) groups excluding carboxylic acids is 1. The summed E-state index contributed by atoms with van der Waals surface area (Å²) in [7, 11) is -1.46. The minimum absolute atomic E-state index is 0.0380. The molecule has 7 atom stereocenters. The lowest BCUT2D eigenvalue weighted by Crippen LogP contribution is -2.56. The first-order chi connectivity index (χ1) is 16.5. The van der Waals surface area contributed by atoms with Crippen molar-refractivity contribution in [2.45, 2.75) is 98.8 Å². The summed E-state index contributed by atoms with van der Waals surface area (Å²) < 4.78 is 35.3. The van der Waals surface area contributed by atoms with Gasteiger partial charge in [0, 0.05) is 37.0 Å². The van der Waals surface area contributed by atoms with Gasteiger partial charge in [-0.1, -0.05) is 0 Å². The molecule has 0 aromatic carbocycles. The molecule has 7 unspecified atom stereocenters. The topological polar surface area (TPSA) is 115 Å². The molecule has 2 saturated heterocycles. The van der Waals surface area contributed by atoms with Crippen LogP contribution in [0, 0.1) is 5.92 Å². The van der Waals surface area contributed by atoms with E-state index in [1.165, 1.54) is 0 Å². The Balaban J connectivity index is 1.32. The fourth-order valence-electron chi connectivity index (χ4n) is 5.74. The zero-order valence-corrected chi connectivity index (χ0v) is 22.8. The van der Waals surface area contributed by atoms with E-state index >= 15 is 0 Å². The third-order valence-electron chi connectivity index (χ3n) is 8.10. The highest BCUT2D eigenvalue weighted by molar-refractivity contribution is 8.00. The molecule has 0 aromatic heterocycles. The van der Waals surface area contributed by atoms with Gasteiger partial charge in [-0.25, -0.2) is 23.1 Å². The minimum Gasteiger partial charge on any atom is -0.463 e. The minimum atomic E-state index is -3.47. The Morgan fingerprint density at radius 3 is 2.66 bits per heavy atom. The number of amides is 1. The maximum Gasteiger partial charge on any atom is 0.294 e. The van der Waals surface area contributed by atoms with Crippen LogP contribution in [0.4, 0.5) is 0 Å². The number of hydrazine groups is 1. The predicted molar refractivity (Wildman–Crippen MR) is 137 cm³/mol. The number of nitrogens with one attached hydrogen (secondary N) is 3. The van der Waals surface area contributed by atoms with E-state index in [1.54, 1.807) is 4.90 Å². The van der Waals surface area contributed by atoms with E-state index in [4.69, 9.17) is 9.73 Å². The summed E-state index contributed by atoms with van der Waals surface area (Å²) in [5, 5.41) is 5.54. The Morgan fingerprint density at radius 2 is 2.03 bits per heavy atom. The number of carbonyl (C=O) groups is 1. The van der Waals surface area contributed by atoms with Crippen molar-refractivity contribution in [2.24, 2.45) is 10.9 Å². The van der Waals surface area contributed by atoms with Crippen molar-refractivity contribution in [1.29, 1.82) is 0 Å². The van der Waals surface area contributed by atoms with Gasteiger partial charge in [0.2, 0.25) is 15.9 Å². The number of hydrogen-bond donors (Lipinski definition) is 3. The second kappa shape index (κ2) is 9.75. The van der Waals surface area contributed by atoms with Crippen molar-refractivity contribution in [3.05, 3.63) is 0 Å². The molecular formula is C23H40N6O4S2. The molecule has 0 bridgehead atoms. The number of fused-ring (bicyclic) bond motifs is 1. The number of amidine groups is 1. The van der Waals surface area contributed by atoms with Crippen LogP contribution in [-0.2, 0) is 19.6 Å². The first-order valence-corrected chi connectivity index (χ1v) is 15.4. The highest BCUT2D eigenvalue weighted by atomic mass is 32.2. The Morgan fingerprint density at radius 1 is 1.26 bits per heavy atom. The van der Waals surface area contributed by atoms with Gasteiger partial charge in [-0.05, 0) is 59.3 Å². The van der Waals surface area contributed by atoms with Gasteiger partial charge in [-0.2, -0.15) is 0 Å². The summed E-state index contributed by atoms with van der Waals surface area (Å²) in [6.07, 6.45) is 4.13. The van der Waals surface area contributed by atoms with Crippen LogP contribution in [0.5, 0.6) is 0 Å². The number of ether oxygens (including phenoxy) is 1. The average Bonchev–Trinajstić information content (AvgIpc) is 3.20. The summed E-state index contributed by atoms with van der Waals surface area (Å²) in [6.45, 7) is 8.02. The van der Waals surface area contributed by atoms with Crippen molar-refractivity contribution in [3.8, 4) is 0 Å². The van der Waals surface area contributed by atoms with E-state index in [0.29, 0.717) is 49.9 Å². The third kappa shape index (κ3) is 5.67. The second-order valence-corrected chi connectivity index (χ2v) is 14.9. The van der Waals surface area contributed by atoms with Crippen molar-refractivity contribution in [3.63, 3.8) is 0 Å². The van der Waals surface area contributed by atoms with Crippen LogP contribution in [-0.4, -0.2) is 96.5 Å². The second-order valence-electron chi connectivity index (χ2n) is 11.3. The molecule has 3 N–H and O–H groups in total. The molecule has 5 rings (SSSR count). The van der Waals surface area contributed by atoms with E-state index in [9.17, 15) is 13.2 Å². The predicted octanol–water partition coefficient (Wildman–Crippen LogP) is 0.859. The first-order valence-electron chi connectivity index (χ1n) is 13.0. The fraction of sp³-hybridized carbons (Fsp3) is 0.913. The quantitative estimate of drug-likeness (QED) is 0.446. The number of nitrogens with zero attached hydrogens (tertiary/aromatic N) is 3. The van der Waals surface area contributed by atoms with Gasteiger partial charge in [0.25, 0.3) is 6.02 Å². The lowest BCUT2D eigenvalue weighted by molar-refractivity contribution is -0.135. The highest BCUT2D eigenvalue weighted by Crippen LogP contribution is 2.39. The molecule has 0 radical (unpaired) electrons. The largest absolute Gasteiger partial charge is 0.463 e. The SMILES string of the molecule is CC1CC(COC2=NC3CCC(S(=O)(=O)NC4(C)CC4)CC3C(=O)N2CC2CNC(C)S2)N(C)N1. The molecular weight excluding hydrogens is 488 g/mol. The fourth-order valence-corrected chi connectivity index (χ4v) is 8.90. The average molecular weight is 529 g/mol. The summed E-state index contributed by atoms with van der Waals surface area (Å²) in [5.74, 6) is -0.457. The summed E-state index contributed by atoms with van der Waals surface area (Å²) in [4.78, 5) is 20.4. The van der Waals surface area contributed by atoms with Gasteiger partial charge in [0.1, 0.15) is 6.61 Å². The smallest absolute Gasteiger partial charge is 0.294 e. The maximum atomic E-state index is 13.8. The molecule has 35 heavy (non-hydrogen) atoms. The Labute approximate surface area is 213 Å². The number of sulfonamides is 1. The molecule has 4 fully saturated rings. The zero-order chi connectivity index (χ0) is 25.0. The lowest BCUT2D eigenvalue weighted by Gasteiger charge is -2.41. The number of likely N-dealkylation sites (N-methyl/N-ethyl adjacent to an activating group) is 1. The number of aliphatic imine (C=N–C) groups is 1. The van der Waals surface area contributed by atoms with Crippen LogP contribution >= 0.6 is 11.8 Å². The van der Waals surface area contributed by atoms with E-state index < -0.39 is 21.2 Å². The Hall–Kier alpha value is -0.920. The van der Waals surface area contributed by atoms with E-state index in [-0.39, 0.29) is 28.8 Å². The van der Waals surface area contributed by atoms with Crippen LogP contribution in [0.25, 0.3) is 0 Å². The van der Waals surface area contributed by atoms with Gasteiger partial charge in [0.05, 0.1) is 28.6 Å². The molecule has 1 amide bonds. The van der Waals surface area contributed by atoms with Gasteiger partial charge in [-0.15, -0.1) is 11.8 Å². The number of hydrogen-bond acceptors (Lipinski definition) is 9. The Kier molecular flexibility index (Phi) is 7.17. The highest BCUT2D eigenvalue weighted by Gasteiger charge is 2.49. The standard InChI is InChI=1S/C23H40N6O4S2/c1-14-9-16(28(4)26-14)13-33-22-25-20-6-5-18(35(31,32)27-23(3)7-8-23)10-19(20)21(30)29(22)12-17-11-24-15(2)34-17/h14-20,24,26-27H,5-13H2,1-4H3. The monoisotopic (exact) mass is 528 g/mol. The molecule has 3 heterocycles. The van der Waals surface area contributed by atoms with Crippen molar-refractivity contribution in [2.75, 3.05) is 26.7 Å². The molecule has 0 spiro atoms. The third-order valence-corrected chi connectivity index (χ3v) is 11.5. The summed E-state index contributed by atoms with van der Waals surface area (Å²) in [5.41, 5.74) is 3.08. The van der Waals surface area contributed by atoms with E-state index in [0.717, 1.165) is 25.8 Å². The molecule has 198 valence electrons. The Bertz CT molecular complexity index is 958. The molecule has 0 aromatic rings. The molecule has 2 saturated carbocycles. The van der Waals surface area contributed by atoms with Crippen molar-refractivity contribution in [1.82, 2.24) is 25.4 Å². The lowest BCUT2D eigenvalue weighted by atomic mass is 9.82. The maximum absolute atomic E-state index is 13.8. The first kappa shape index (κ1) is 25.7. The molecule has 10 nitrogen and oxygen atoms in total. The van der Waals surface area contributed by atoms with Crippen LogP contribution < -0.4 is 15.5 Å². The van der Waals surface area contributed by atoms with Gasteiger partial charge in [-0.3, -0.25) is 15.1 Å². The molecule has 2 aliphatic carbocycles. The molecule has 12 heteroatoms. The van der Waals surface area contributed by atoms with E-state index in [2.05, 4.69) is 34.3 Å². The number of thioether (sulfide) groups is 1. The van der Waals surface area contributed by atoms with Crippen LogP contribution in [0.2, 0.25) is 0 Å². The van der Waals surface area contributed by atoms with Crippen molar-refractivity contribution < 1.29 is 17.9 Å². The van der Waals surface area contributed by atoms with E-state index in [1.807, 2.05) is 25.7 Å². The van der Waals surface area contributed by atoms with Crippen molar-refractivity contribution >= 4 is 33.7 Å². The van der Waals surface area contributed by atoms with Crippen LogP contribution in [0.1, 0.15) is 59.3 Å². The van der Waals surface area contributed by atoms with Gasteiger partial charge < -0.3 is 10.1 Å². The summed E-state index contributed by atoms with van der Waals surface area (Å²) >= 11 is 1.82. The normalized spacial score (nSPS) is 39.4. The summed E-state index contributed by atoms with van der Waals surface area (Å²) in [6, 6.07) is 0.786. The van der Waals surface area contributed by atoms with Crippen LogP contribution in [0.15, 0.2) is 4.99 Å². The number of rotatable bonds is 7. The zero-order valence-electron chi connectivity index (χ0n) is 21.2. The van der Waals surface area contributed by atoms with Gasteiger partial charge in [0.15, 0.2) is 0 Å².